The van der Waals surface area contributed by atoms with E-state index < -0.39 is 0 Å². The van der Waals surface area contributed by atoms with Crippen LogP contribution in [-0.2, 0) is 11.8 Å². The van der Waals surface area contributed by atoms with Crippen LogP contribution in [0.5, 0.6) is 0 Å². The van der Waals surface area contributed by atoms with E-state index in [1.165, 1.54) is 12.1 Å². The molecule has 1 aromatic heterocycles. The van der Waals surface area contributed by atoms with E-state index in [2.05, 4.69) is 17.2 Å². The summed E-state index contributed by atoms with van der Waals surface area (Å²) in [7, 11) is 1.88. The highest BCUT2D eigenvalue weighted by Gasteiger charge is 2.20. The summed E-state index contributed by atoms with van der Waals surface area (Å²) < 4.78 is 15.0. The van der Waals surface area contributed by atoms with Gasteiger partial charge in [0.05, 0.1) is 0 Å². The van der Waals surface area contributed by atoms with E-state index >= 15 is 0 Å². The molecule has 118 valence electrons. The highest BCUT2D eigenvalue weighted by Crippen LogP contribution is 2.21. The van der Waals surface area contributed by atoms with Crippen molar-refractivity contribution < 1.29 is 9.18 Å². The number of nitrogens with one attached hydrogen (secondary N) is 1. The van der Waals surface area contributed by atoms with E-state index in [1.54, 1.807) is 18.3 Å². The Morgan fingerprint density at radius 1 is 1.32 bits per heavy atom. The van der Waals surface area contributed by atoms with Crippen molar-refractivity contribution in [3.05, 3.63) is 53.9 Å². The van der Waals surface area contributed by atoms with Crippen LogP contribution in [0, 0.1) is 5.82 Å². The first-order valence-corrected chi connectivity index (χ1v) is 7.64. The Morgan fingerprint density at radius 2 is 2.05 bits per heavy atom. The highest BCUT2D eigenvalue weighted by molar-refractivity contribution is 5.76. The third-order valence-electron chi connectivity index (χ3n) is 3.63. The predicted octanol–water partition coefficient (Wildman–Crippen LogP) is 3.35. The Kier molecular flexibility index (Phi) is 5.69. The first-order valence-electron chi connectivity index (χ1n) is 7.64. The predicted molar refractivity (Wildman–Crippen MR) is 83.7 cm³/mol. The molecule has 0 saturated heterocycles. The third kappa shape index (κ3) is 4.16. The van der Waals surface area contributed by atoms with Crippen molar-refractivity contribution in [3.63, 3.8) is 0 Å². The number of carbonyl (C=O) groups excluding carboxylic acids is 1. The maximum atomic E-state index is 13.1. The normalized spacial score (nSPS) is 12.1. The van der Waals surface area contributed by atoms with Gasteiger partial charge in [-0.15, -0.1) is 0 Å². The molecule has 1 aromatic carbocycles. The summed E-state index contributed by atoms with van der Waals surface area (Å²) >= 11 is 0. The van der Waals surface area contributed by atoms with Gasteiger partial charge in [-0.1, -0.05) is 31.9 Å². The van der Waals surface area contributed by atoms with Gasteiger partial charge in [-0.25, -0.2) is 9.37 Å². The zero-order chi connectivity index (χ0) is 15.9. The number of nitrogens with zero attached hydrogens (tertiary/aromatic N) is 2. The lowest BCUT2D eigenvalue weighted by atomic mass is 10.1. The molecule has 1 heterocycles. The molecule has 1 atom stereocenters. The van der Waals surface area contributed by atoms with E-state index in [9.17, 15) is 9.18 Å². The summed E-state index contributed by atoms with van der Waals surface area (Å²) in [5.74, 6) is 0.429. The van der Waals surface area contributed by atoms with Crippen molar-refractivity contribution in [1.29, 1.82) is 0 Å². The Bertz CT molecular complexity index is 607. The molecule has 2 rings (SSSR count). The fourth-order valence-corrected chi connectivity index (χ4v) is 2.38. The fraction of sp³-hybridized carbons (Fsp3) is 0.412. The molecule has 1 N–H and O–H groups in total. The number of aryl methyl sites for hydroxylation is 1. The van der Waals surface area contributed by atoms with Gasteiger partial charge in [0.1, 0.15) is 17.7 Å². The molecule has 0 unspecified atom stereocenters. The van der Waals surface area contributed by atoms with E-state index in [0.29, 0.717) is 6.42 Å². The molecule has 5 heteroatoms. The van der Waals surface area contributed by atoms with Crippen molar-refractivity contribution in [2.75, 3.05) is 0 Å². The third-order valence-corrected chi connectivity index (χ3v) is 3.63. The Hall–Kier alpha value is -2.17. The van der Waals surface area contributed by atoms with Gasteiger partial charge in [0.25, 0.3) is 0 Å². The Labute approximate surface area is 130 Å². The second-order valence-corrected chi connectivity index (χ2v) is 5.41. The van der Waals surface area contributed by atoms with Crippen molar-refractivity contribution >= 4 is 5.91 Å². The number of amides is 1. The highest BCUT2D eigenvalue weighted by atomic mass is 19.1. The second kappa shape index (κ2) is 7.73. The number of hydrogen-bond donors (Lipinski definition) is 1. The minimum absolute atomic E-state index is 0.00854. The molecule has 1 amide bonds. The van der Waals surface area contributed by atoms with Crippen LogP contribution in [0.1, 0.15) is 50.0 Å². The summed E-state index contributed by atoms with van der Waals surface area (Å²) in [5.41, 5.74) is 0.819. The van der Waals surface area contributed by atoms with Crippen LogP contribution in [0.15, 0.2) is 36.7 Å². The van der Waals surface area contributed by atoms with Gasteiger partial charge in [0.15, 0.2) is 0 Å². The first kappa shape index (κ1) is 16.2. The lowest BCUT2D eigenvalue weighted by Gasteiger charge is -2.19. The molecular weight excluding hydrogens is 281 g/mol. The Morgan fingerprint density at radius 3 is 2.64 bits per heavy atom. The van der Waals surface area contributed by atoms with E-state index in [1.807, 2.05) is 17.8 Å². The number of carbonyl (C=O) groups is 1. The van der Waals surface area contributed by atoms with Gasteiger partial charge in [0, 0.05) is 25.9 Å². The standard InChI is InChI=1S/C17H22FN3O/c1-3-4-5-6-15(22)20-16(17-19-11-12-21(17)2)13-7-9-14(18)10-8-13/h7-12,16H,3-6H2,1-2H3,(H,20,22)/t16-/m0/s1. The molecule has 0 spiro atoms. The smallest absolute Gasteiger partial charge is 0.220 e. The van der Waals surface area contributed by atoms with Crippen LogP contribution < -0.4 is 5.32 Å². The number of imidazole rings is 1. The monoisotopic (exact) mass is 303 g/mol. The van der Waals surface area contributed by atoms with Crippen LogP contribution in [0.4, 0.5) is 4.39 Å². The van der Waals surface area contributed by atoms with E-state index in [4.69, 9.17) is 0 Å². The average molecular weight is 303 g/mol. The van der Waals surface area contributed by atoms with Crippen molar-refractivity contribution in [3.8, 4) is 0 Å². The molecule has 22 heavy (non-hydrogen) atoms. The maximum absolute atomic E-state index is 13.1. The molecule has 0 aliphatic rings. The number of halogens is 1. The van der Waals surface area contributed by atoms with Crippen LogP contribution in [0.2, 0.25) is 0 Å². The first-order chi connectivity index (χ1) is 10.6. The van der Waals surface area contributed by atoms with Crippen LogP contribution in [0.3, 0.4) is 0 Å². The van der Waals surface area contributed by atoms with Crippen LogP contribution in [0.25, 0.3) is 0 Å². The molecule has 0 bridgehead atoms. The van der Waals surface area contributed by atoms with Crippen LogP contribution >= 0.6 is 0 Å². The van der Waals surface area contributed by atoms with Gasteiger partial charge >= 0.3 is 0 Å². The molecular formula is C17H22FN3O. The largest absolute Gasteiger partial charge is 0.342 e. The van der Waals surface area contributed by atoms with Gasteiger partial charge in [-0.2, -0.15) is 0 Å². The summed E-state index contributed by atoms with van der Waals surface area (Å²) in [4.78, 5) is 16.5. The molecule has 0 aliphatic carbocycles. The van der Waals surface area contributed by atoms with Crippen molar-refractivity contribution in [2.24, 2.45) is 7.05 Å². The van der Waals surface area contributed by atoms with Crippen LogP contribution in [-0.4, -0.2) is 15.5 Å². The maximum Gasteiger partial charge on any atom is 0.220 e. The van der Waals surface area contributed by atoms with Gasteiger partial charge in [0.2, 0.25) is 5.91 Å². The van der Waals surface area contributed by atoms with Gasteiger partial charge < -0.3 is 9.88 Å². The average Bonchev–Trinajstić information content (AvgIpc) is 2.92. The van der Waals surface area contributed by atoms with Crippen molar-refractivity contribution in [2.45, 2.75) is 38.6 Å². The second-order valence-electron chi connectivity index (χ2n) is 5.41. The number of rotatable bonds is 7. The minimum atomic E-state index is -0.366. The molecule has 4 nitrogen and oxygen atoms in total. The van der Waals surface area contributed by atoms with Gasteiger partial charge in [-0.3, -0.25) is 4.79 Å². The minimum Gasteiger partial charge on any atom is -0.342 e. The Balaban J connectivity index is 2.17. The zero-order valence-electron chi connectivity index (χ0n) is 13.1. The fourth-order valence-electron chi connectivity index (χ4n) is 2.38. The molecule has 0 saturated carbocycles. The summed E-state index contributed by atoms with van der Waals surface area (Å²) in [5, 5.41) is 3.01. The van der Waals surface area contributed by atoms with Crippen molar-refractivity contribution in [1.82, 2.24) is 14.9 Å². The number of benzene rings is 1. The van der Waals surface area contributed by atoms with E-state index in [0.717, 1.165) is 30.7 Å². The number of hydrogen-bond acceptors (Lipinski definition) is 2. The zero-order valence-corrected chi connectivity index (χ0v) is 13.1. The van der Waals surface area contributed by atoms with Gasteiger partial charge in [-0.05, 0) is 24.1 Å². The number of unbranched alkanes of at least 4 members (excludes halogenated alkanes) is 2. The molecule has 0 fully saturated rings. The lowest BCUT2D eigenvalue weighted by molar-refractivity contribution is -0.121. The summed E-state index contributed by atoms with van der Waals surface area (Å²) in [6, 6.07) is 5.79. The SMILES string of the molecule is CCCCCC(=O)N[C@@H](c1ccc(F)cc1)c1nccn1C. The number of aromatic nitrogens is 2. The van der Waals surface area contributed by atoms with E-state index in [-0.39, 0.29) is 17.8 Å². The summed E-state index contributed by atoms with van der Waals surface area (Å²) in [6.07, 6.45) is 7.00. The summed E-state index contributed by atoms with van der Waals surface area (Å²) in [6.45, 7) is 2.10. The molecule has 2 aromatic rings. The lowest BCUT2D eigenvalue weighted by Crippen LogP contribution is -2.30. The topological polar surface area (TPSA) is 46.9 Å². The quantitative estimate of drug-likeness (QED) is 0.797. The molecule has 0 radical (unpaired) electrons. The molecule has 0 aliphatic heterocycles.